The number of methoxy groups -OCH3 is 2. The number of carbonyl (C=O) groups excluding carboxylic acids is 2. The molecule has 43 heavy (non-hydrogen) atoms. The van der Waals surface area contributed by atoms with Crippen LogP contribution in [0.1, 0.15) is 10.4 Å². The second-order valence-electron chi connectivity index (χ2n) is 9.98. The Kier molecular flexibility index (Phi) is 6.51. The maximum atomic E-state index is 13.7. The minimum atomic E-state index is -0.629. The maximum absolute atomic E-state index is 13.7. The van der Waals surface area contributed by atoms with Gasteiger partial charge in [0, 0.05) is 44.0 Å². The Labute approximate surface area is 245 Å². The first-order valence-electron chi connectivity index (χ1n) is 13.7. The third-order valence-corrected chi connectivity index (χ3v) is 7.72. The molecule has 6 heterocycles. The first kappa shape index (κ1) is 26.3. The average Bonchev–Trinajstić information content (AvgIpc) is 3.84. The van der Waals surface area contributed by atoms with E-state index >= 15 is 0 Å². The number of ether oxygens (including phenoxy) is 2. The molecule has 2 aliphatic rings. The van der Waals surface area contributed by atoms with E-state index in [0.717, 1.165) is 16.6 Å². The van der Waals surface area contributed by atoms with E-state index in [-0.39, 0.29) is 5.56 Å². The largest absolute Gasteiger partial charge is 0.494 e. The van der Waals surface area contributed by atoms with Crippen molar-refractivity contribution in [3.8, 4) is 22.9 Å². The van der Waals surface area contributed by atoms with Gasteiger partial charge in [-0.05, 0) is 18.2 Å². The molecule has 4 aromatic heterocycles. The molecule has 1 fully saturated rings. The summed E-state index contributed by atoms with van der Waals surface area (Å²) < 4.78 is 11.0. The molecule has 7 rings (SSSR count). The number of rotatable bonds is 6. The van der Waals surface area contributed by atoms with E-state index in [4.69, 9.17) is 9.47 Å². The SMILES string of the molecule is COc1cnc(-c2ncc(OC)c3c(C(=O)C(=O)N4CCN(C5=NNNN5c5ccccc5)CC4)c[nH]c23)c2[nH]ccc12. The highest BCUT2D eigenvalue weighted by Gasteiger charge is 2.33. The number of aromatic amines is 2. The van der Waals surface area contributed by atoms with Crippen LogP contribution < -0.4 is 25.6 Å². The molecule has 14 heteroatoms. The van der Waals surface area contributed by atoms with Gasteiger partial charge in [-0.2, -0.15) is 0 Å². The van der Waals surface area contributed by atoms with Gasteiger partial charge >= 0.3 is 0 Å². The molecule has 0 saturated carbocycles. The Bertz CT molecular complexity index is 1870. The van der Waals surface area contributed by atoms with Gasteiger partial charge in [-0.15, -0.1) is 10.6 Å². The van der Waals surface area contributed by atoms with Gasteiger partial charge in [0.1, 0.15) is 22.9 Å². The molecule has 0 aliphatic carbocycles. The molecule has 1 aromatic carbocycles. The van der Waals surface area contributed by atoms with Crippen LogP contribution in [-0.4, -0.2) is 87.8 Å². The van der Waals surface area contributed by atoms with Crippen LogP contribution in [0.2, 0.25) is 0 Å². The minimum Gasteiger partial charge on any atom is -0.494 e. The Morgan fingerprint density at radius 3 is 2.33 bits per heavy atom. The molecule has 1 amide bonds. The summed E-state index contributed by atoms with van der Waals surface area (Å²) in [5.74, 6) is 0.472. The van der Waals surface area contributed by atoms with E-state index < -0.39 is 11.7 Å². The Balaban J connectivity index is 1.14. The van der Waals surface area contributed by atoms with E-state index in [0.29, 0.717) is 65.9 Å². The molecule has 0 unspecified atom stereocenters. The summed E-state index contributed by atoms with van der Waals surface area (Å²) in [7, 11) is 3.09. The number of hydrogen-bond donors (Lipinski definition) is 4. The number of piperazine rings is 1. The van der Waals surface area contributed by atoms with E-state index in [1.54, 1.807) is 24.4 Å². The number of Topliss-reactive ketones (excluding diaryl/α,β-unsaturated/α-hetero) is 1. The topological polar surface area (TPSA) is 156 Å². The molecular weight excluding hydrogens is 552 g/mol. The van der Waals surface area contributed by atoms with Crippen molar-refractivity contribution >= 4 is 45.1 Å². The van der Waals surface area contributed by atoms with Gasteiger partial charge in [0.2, 0.25) is 5.96 Å². The number of aromatic nitrogens is 4. The highest BCUT2D eigenvalue weighted by molar-refractivity contribution is 6.45. The number of fused-ring (bicyclic) bond motifs is 2. The summed E-state index contributed by atoms with van der Waals surface area (Å²) in [5.41, 5.74) is 9.30. The number of pyridine rings is 2. The van der Waals surface area contributed by atoms with Crippen LogP contribution >= 0.6 is 0 Å². The maximum Gasteiger partial charge on any atom is 0.295 e. The second-order valence-corrected chi connectivity index (χ2v) is 9.98. The Morgan fingerprint density at radius 1 is 0.860 bits per heavy atom. The molecule has 0 atom stereocenters. The van der Waals surface area contributed by atoms with Gasteiger partial charge in [0.25, 0.3) is 11.7 Å². The van der Waals surface area contributed by atoms with Crippen molar-refractivity contribution in [2.45, 2.75) is 0 Å². The molecule has 218 valence electrons. The smallest absolute Gasteiger partial charge is 0.295 e. The number of hydrogen-bond acceptors (Lipinski definition) is 11. The lowest BCUT2D eigenvalue weighted by Gasteiger charge is -2.37. The average molecular weight is 581 g/mol. The zero-order chi connectivity index (χ0) is 29.5. The zero-order valence-electron chi connectivity index (χ0n) is 23.4. The van der Waals surface area contributed by atoms with Crippen LogP contribution in [0.15, 0.2) is 66.3 Å². The lowest BCUT2D eigenvalue weighted by atomic mass is 10.1. The number of H-pyrrole nitrogens is 2. The summed E-state index contributed by atoms with van der Waals surface area (Å²) in [6.45, 7) is 1.73. The van der Waals surface area contributed by atoms with E-state index in [9.17, 15) is 9.59 Å². The first-order chi connectivity index (χ1) is 21.1. The predicted octanol–water partition coefficient (Wildman–Crippen LogP) is 2.25. The standard InChI is InChI=1S/C29H28N10O4/c1-42-20-15-32-25(23-18(20)8-9-30-23)26-24-22(21(43-2)16-33-26)19(14-31-24)27(40)28(41)37-10-12-38(13-11-37)29-34-35-36-39(29)17-6-4-3-5-7-17/h3-9,14-16,30-31,35-36H,10-13H2,1-2H3. The molecule has 2 aliphatic heterocycles. The van der Waals surface area contributed by atoms with E-state index in [2.05, 4.69) is 41.0 Å². The van der Waals surface area contributed by atoms with Gasteiger partial charge in [-0.3, -0.25) is 9.59 Å². The first-order valence-corrected chi connectivity index (χ1v) is 13.7. The normalized spacial score (nSPS) is 15.1. The van der Waals surface area contributed by atoms with Crippen molar-refractivity contribution in [3.05, 3.63) is 66.7 Å². The summed E-state index contributed by atoms with van der Waals surface area (Å²) >= 11 is 0. The van der Waals surface area contributed by atoms with Crippen LogP contribution in [0.4, 0.5) is 5.69 Å². The summed E-state index contributed by atoms with van der Waals surface area (Å²) in [4.78, 5) is 46.4. The number of para-hydroxylation sites is 1. The number of guanidine groups is 1. The lowest BCUT2D eigenvalue weighted by molar-refractivity contribution is -0.127. The number of carbonyl (C=O) groups is 2. The predicted molar refractivity (Wildman–Crippen MR) is 159 cm³/mol. The lowest BCUT2D eigenvalue weighted by Crippen LogP contribution is -2.56. The van der Waals surface area contributed by atoms with Gasteiger partial charge in [0.05, 0.1) is 54.3 Å². The summed E-state index contributed by atoms with van der Waals surface area (Å²) in [6, 6.07) is 11.7. The minimum absolute atomic E-state index is 0.211. The quantitative estimate of drug-likeness (QED) is 0.174. The Hall–Kier alpha value is -5.63. The van der Waals surface area contributed by atoms with Crippen LogP contribution in [0.3, 0.4) is 0 Å². The molecule has 1 saturated heterocycles. The van der Waals surface area contributed by atoms with Crippen molar-refractivity contribution in [1.82, 2.24) is 40.8 Å². The fraction of sp³-hybridized carbons (Fsp3) is 0.207. The fourth-order valence-corrected chi connectivity index (χ4v) is 5.56. The zero-order valence-corrected chi connectivity index (χ0v) is 23.4. The number of hydrazine groups is 2. The third-order valence-electron chi connectivity index (χ3n) is 7.72. The van der Waals surface area contributed by atoms with Crippen molar-refractivity contribution in [2.24, 2.45) is 5.10 Å². The molecule has 0 spiro atoms. The van der Waals surface area contributed by atoms with Crippen LogP contribution in [0.25, 0.3) is 33.2 Å². The van der Waals surface area contributed by atoms with E-state index in [1.807, 2.05) is 41.4 Å². The molecule has 0 radical (unpaired) electrons. The number of nitrogens with zero attached hydrogens (tertiary/aromatic N) is 6. The van der Waals surface area contributed by atoms with Crippen LogP contribution in [0.5, 0.6) is 11.5 Å². The number of anilines is 1. The third kappa shape index (κ3) is 4.35. The Morgan fingerprint density at radius 2 is 1.58 bits per heavy atom. The van der Waals surface area contributed by atoms with Crippen LogP contribution in [-0.2, 0) is 4.79 Å². The highest BCUT2D eigenvalue weighted by atomic mass is 16.5. The number of benzene rings is 1. The number of amides is 1. The fourth-order valence-electron chi connectivity index (χ4n) is 5.56. The number of nitrogens with one attached hydrogen (secondary N) is 4. The van der Waals surface area contributed by atoms with Gasteiger partial charge in [-0.1, -0.05) is 18.2 Å². The van der Waals surface area contributed by atoms with Crippen molar-refractivity contribution in [1.29, 1.82) is 0 Å². The van der Waals surface area contributed by atoms with Crippen molar-refractivity contribution in [3.63, 3.8) is 0 Å². The highest BCUT2D eigenvalue weighted by Crippen LogP contribution is 2.37. The number of hydrazone groups is 1. The van der Waals surface area contributed by atoms with Gasteiger partial charge in [0.15, 0.2) is 0 Å². The summed E-state index contributed by atoms with van der Waals surface area (Å²) in [5, 5.41) is 7.53. The number of ketones is 1. The molecule has 14 nitrogen and oxygen atoms in total. The molecular formula is C29H28N10O4. The van der Waals surface area contributed by atoms with Crippen molar-refractivity contribution < 1.29 is 19.1 Å². The van der Waals surface area contributed by atoms with Gasteiger partial charge in [-0.25, -0.2) is 20.5 Å². The molecule has 5 aromatic rings. The monoisotopic (exact) mass is 580 g/mol. The van der Waals surface area contributed by atoms with Crippen LogP contribution in [0, 0.1) is 0 Å². The van der Waals surface area contributed by atoms with Gasteiger partial charge < -0.3 is 29.2 Å². The van der Waals surface area contributed by atoms with Crippen molar-refractivity contribution in [2.75, 3.05) is 45.4 Å². The second kappa shape index (κ2) is 10.6. The molecule has 0 bridgehead atoms. The van der Waals surface area contributed by atoms with E-state index in [1.165, 1.54) is 19.5 Å². The summed E-state index contributed by atoms with van der Waals surface area (Å²) in [6.07, 6.45) is 6.50. The molecule has 4 N–H and O–H groups in total.